The lowest BCUT2D eigenvalue weighted by molar-refractivity contribution is -0.141. The molecule has 0 unspecified atom stereocenters. The highest BCUT2D eigenvalue weighted by atomic mass is 19.4. The number of nitrogens with zero attached hydrogens (tertiary/aromatic N) is 2. The Hall–Kier alpha value is -1.72. The molecule has 2 aromatic rings. The second-order valence-corrected chi connectivity index (χ2v) is 4.07. The molecule has 0 bridgehead atoms. The molecule has 17 heavy (non-hydrogen) atoms. The maximum atomic E-state index is 12.6. The molecule has 1 aliphatic rings. The van der Waals surface area contributed by atoms with E-state index in [0.717, 1.165) is 18.9 Å². The zero-order valence-corrected chi connectivity index (χ0v) is 8.74. The van der Waals surface area contributed by atoms with Gasteiger partial charge in [0.1, 0.15) is 5.69 Å². The second kappa shape index (κ2) is 3.38. The van der Waals surface area contributed by atoms with Crippen molar-refractivity contribution in [3.8, 4) is 11.5 Å². The normalized spacial score (nSPS) is 16.4. The highest BCUT2D eigenvalue weighted by Crippen LogP contribution is 2.40. The molecule has 0 aliphatic heterocycles. The van der Waals surface area contributed by atoms with E-state index in [1.807, 2.05) is 0 Å². The minimum atomic E-state index is -4.42. The van der Waals surface area contributed by atoms with Gasteiger partial charge in [-0.15, -0.1) is 0 Å². The highest BCUT2D eigenvalue weighted by molar-refractivity contribution is 5.53. The van der Waals surface area contributed by atoms with E-state index in [-0.39, 0.29) is 6.04 Å². The Balaban J connectivity index is 2.10. The fourth-order valence-electron chi connectivity index (χ4n) is 1.74. The van der Waals surface area contributed by atoms with E-state index in [0.29, 0.717) is 11.5 Å². The molecule has 3 nitrogen and oxygen atoms in total. The van der Waals surface area contributed by atoms with Crippen LogP contribution >= 0.6 is 0 Å². The number of alkyl halides is 3. The predicted molar refractivity (Wildman–Crippen MR) is 53.2 cm³/mol. The van der Waals surface area contributed by atoms with Crippen LogP contribution in [0.1, 0.15) is 24.6 Å². The lowest BCUT2D eigenvalue weighted by Crippen LogP contribution is -2.07. The van der Waals surface area contributed by atoms with E-state index >= 15 is 0 Å². The Kier molecular flexibility index (Phi) is 2.08. The molecule has 0 N–H and O–H groups in total. The molecule has 0 aromatic carbocycles. The van der Waals surface area contributed by atoms with Crippen LogP contribution in [0.15, 0.2) is 28.9 Å². The summed E-state index contributed by atoms with van der Waals surface area (Å²) in [6.07, 6.45) is -1.24. The fourth-order valence-corrected chi connectivity index (χ4v) is 1.74. The molecule has 90 valence electrons. The van der Waals surface area contributed by atoms with Gasteiger partial charge in [0.25, 0.3) is 0 Å². The smallest absolute Gasteiger partial charge is 0.435 e. The van der Waals surface area contributed by atoms with Crippen LogP contribution in [0, 0.1) is 0 Å². The minimum Gasteiger partial charge on any atom is -0.463 e. The number of aromatic nitrogens is 2. The Morgan fingerprint density at radius 3 is 2.65 bits per heavy atom. The van der Waals surface area contributed by atoms with Crippen LogP contribution < -0.4 is 0 Å². The summed E-state index contributed by atoms with van der Waals surface area (Å²) in [5, 5.41) is 3.63. The van der Waals surface area contributed by atoms with Crippen molar-refractivity contribution in [3.63, 3.8) is 0 Å². The van der Waals surface area contributed by atoms with E-state index in [9.17, 15) is 13.2 Å². The fraction of sp³-hybridized carbons (Fsp3) is 0.364. The third kappa shape index (κ3) is 1.83. The molecule has 2 aromatic heterocycles. The third-order valence-corrected chi connectivity index (χ3v) is 2.69. The first-order valence-corrected chi connectivity index (χ1v) is 5.26. The molecule has 0 saturated heterocycles. The zero-order valence-electron chi connectivity index (χ0n) is 8.74. The standard InChI is InChI=1S/C11H9F3N2O/c12-11(13,14)10-6-8(9-2-1-5-17-9)16(15-10)7-3-4-7/h1-2,5-7H,3-4H2. The summed E-state index contributed by atoms with van der Waals surface area (Å²) in [6, 6.07) is 4.39. The summed E-state index contributed by atoms with van der Waals surface area (Å²) in [5.74, 6) is 0.417. The van der Waals surface area contributed by atoms with Crippen molar-refractivity contribution < 1.29 is 17.6 Å². The van der Waals surface area contributed by atoms with Crippen molar-refractivity contribution in [1.82, 2.24) is 9.78 Å². The van der Waals surface area contributed by atoms with Gasteiger partial charge in [0.05, 0.1) is 12.3 Å². The van der Waals surface area contributed by atoms with Crippen LogP contribution in [-0.2, 0) is 6.18 Å². The largest absolute Gasteiger partial charge is 0.463 e. The van der Waals surface area contributed by atoms with Crippen molar-refractivity contribution in [2.45, 2.75) is 25.1 Å². The Morgan fingerprint density at radius 2 is 2.12 bits per heavy atom. The van der Waals surface area contributed by atoms with Gasteiger partial charge in [-0.3, -0.25) is 4.68 Å². The van der Waals surface area contributed by atoms with Crippen molar-refractivity contribution in [2.75, 3.05) is 0 Å². The molecule has 0 spiro atoms. The summed E-state index contributed by atoms with van der Waals surface area (Å²) < 4.78 is 44.4. The van der Waals surface area contributed by atoms with Gasteiger partial charge < -0.3 is 4.42 Å². The van der Waals surface area contributed by atoms with Gasteiger partial charge in [-0.1, -0.05) is 0 Å². The lowest BCUT2D eigenvalue weighted by atomic mass is 10.3. The van der Waals surface area contributed by atoms with Gasteiger partial charge in [-0.25, -0.2) is 0 Å². The van der Waals surface area contributed by atoms with Crippen LogP contribution in [0.3, 0.4) is 0 Å². The molecule has 1 saturated carbocycles. The van der Waals surface area contributed by atoms with Gasteiger partial charge in [-0.05, 0) is 31.0 Å². The molecular formula is C11H9F3N2O. The third-order valence-electron chi connectivity index (χ3n) is 2.69. The van der Waals surface area contributed by atoms with Gasteiger partial charge >= 0.3 is 6.18 Å². The molecule has 1 fully saturated rings. The number of halogens is 3. The molecule has 0 radical (unpaired) electrons. The van der Waals surface area contributed by atoms with Gasteiger partial charge in [0.15, 0.2) is 11.5 Å². The summed E-state index contributed by atoms with van der Waals surface area (Å²) in [5.41, 5.74) is -0.472. The van der Waals surface area contributed by atoms with Gasteiger partial charge in [0.2, 0.25) is 0 Å². The van der Waals surface area contributed by atoms with Gasteiger partial charge in [0, 0.05) is 0 Å². The SMILES string of the molecule is FC(F)(F)c1cc(-c2ccco2)n(C2CC2)n1. The molecule has 3 rings (SSSR count). The molecule has 6 heteroatoms. The number of hydrogen-bond acceptors (Lipinski definition) is 2. The predicted octanol–water partition coefficient (Wildman–Crippen LogP) is 3.50. The van der Waals surface area contributed by atoms with Crippen LogP contribution in [0.5, 0.6) is 0 Å². The lowest BCUT2D eigenvalue weighted by Gasteiger charge is -2.02. The van der Waals surface area contributed by atoms with Crippen molar-refractivity contribution in [1.29, 1.82) is 0 Å². The summed E-state index contributed by atoms with van der Waals surface area (Å²) in [7, 11) is 0. The average Bonchev–Trinajstić information content (AvgIpc) is 2.82. The van der Waals surface area contributed by atoms with Crippen molar-refractivity contribution >= 4 is 0 Å². The molecule has 0 amide bonds. The van der Waals surface area contributed by atoms with Crippen LogP contribution in [0.25, 0.3) is 11.5 Å². The zero-order chi connectivity index (χ0) is 12.0. The first-order chi connectivity index (χ1) is 8.05. The maximum Gasteiger partial charge on any atom is 0.435 e. The van der Waals surface area contributed by atoms with E-state index < -0.39 is 11.9 Å². The molecular weight excluding hydrogens is 233 g/mol. The highest BCUT2D eigenvalue weighted by Gasteiger charge is 2.38. The van der Waals surface area contributed by atoms with Crippen LogP contribution in [0.2, 0.25) is 0 Å². The summed E-state index contributed by atoms with van der Waals surface area (Å²) in [6.45, 7) is 0. The maximum absolute atomic E-state index is 12.6. The van der Waals surface area contributed by atoms with Crippen LogP contribution in [-0.4, -0.2) is 9.78 Å². The summed E-state index contributed by atoms with van der Waals surface area (Å²) >= 11 is 0. The van der Waals surface area contributed by atoms with E-state index in [1.54, 1.807) is 12.1 Å². The number of hydrogen-bond donors (Lipinski definition) is 0. The Labute approximate surface area is 94.8 Å². The van der Waals surface area contributed by atoms with E-state index in [2.05, 4.69) is 5.10 Å². The second-order valence-electron chi connectivity index (χ2n) is 4.07. The first kappa shape index (κ1) is 10.4. The van der Waals surface area contributed by atoms with E-state index in [1.165, 1.54) is 10.9 Å². The monoisotopic (exact) mass is 242 g/mol. The van der Waals surface area contributed by atoms with E-state index in [4.69, 9.17) is 4.42 Å². The Bertz CT molecular complexity index is 523. The summed E-state index contributed by atoms with van der Waals surface area (Å²) in [4.78, 5) is 0. The number of rotatable bonds is 2. The molecule has 2 heterocycles. The first-order valence-electron chi connectivity index (χ1n) is 5.26. The Morgan fingerprint density at radius 1 is 1.35 bits per heavy atom. The number of furan rings is 1. The minimum absolute atomic E-state index is 0.0752. The van der Waals surface area contributed by atoms with Gasteiger partial charge in [-0.2, -0.15) is 18.3 Å². The van der Waals surface area contributed by atoms with Crippen molar-refractivity contribution in [2.24, 2.45) is 0 Å². The van der Waals surface area contributed by atoms with Crippen LogP contribution in [0.4, 0.5) is 13.2 Å². The average molecular weight is 242 g/mol. The topological polar surface area (TPSA) is 31.0 Å². The molecule has 1 aliphatic carbocycles. The quantitative estimate of drug-likeness (QED) is 0.807. The molecule has 0 atom stereocenters. The van der Waals surface area contributed by atoms with Crippen molar-refractivity contribution in [3.05, 3.63) is 30.2 Å².